The van der Waals surface area contributed by atoms with Crippen molar-refractivity contribution in [3.63, 3.8) is 0 Å². The van der Waals surface area contributed by atoms with Crippen molar-refractivity contribution in [1.29, 1.82) is 0 Å². The first-order chi connectivity index (χ1) is 15.0. The Kier molecular flexibility index (Phi) is 8.63. The number of oxazole rings is 1. The number of amides is 1. The molecule has 1 aromatic carbocycles. The third-order valence-electron chi connectivity index (χ3n) is 4.13. The molecule has 0 saturated heterocycles. The highest BCUT2D eigenvalue weighted by Gasteiger charge is 2.24. The Labute approximate surface area is 189 Å². The lowest BCUT2D eigenvalue weighted by atomic mass is 10.1. The molecule has 32 heavy (non-hydrogen) atoms. The number of hydrogen-bond acceptors (Lipinski definition) is 5. The van der Waals surface area contributed by atoms with Gasteiger partial charge in [-0.05, 0) is 65.8 Å². The molecule has 3 N–H and O–H groups in total. The highest BCUT2D eigenvalue weighted by molar-refractivity contribution is 5.79. The average molecular weight is 448 g/mol. The monoisotopic (exact) mass is 447 g/mol. The van der Waals surface area contributed by atoms with Crippen LogP contribution in [0.15, 0.2) is 39.9 Å². The van der Waals surface area contributed by atoms with Gasteiger partial charge in [0, 0.05) is 25.1 Å². The summed E-state index contributed by atoms with van der Waals surface area (Å²) in [6.07, 6.45) is 1.74. The van der Waals surface area contributed by atoms with Crippen molar-refractivity contribution >= 4 is 12.1 Å². The second-order valence-electron chi connectivity index (χ2n) is 9.03. The van der Waals surface area contributed by atoms with Crippen molar-refractivity contribution in [2.75, 3.05) is 19.6 Å². The molecule has 2 aromatic rings. The zero-order chi connectivity index (χ0) is 23.8. The van der Waals surface area contributed by atoms with Gasteiger partial charge in [0.2, 0.25) is 5.89 Å². The number of rotatable bonds is 8. The molecule has 0 bridgehead atoms. The molecule has 0 aliphatic heterocycles. The minimum absolute atomic E-state index is 0.301. The molecule has 0 spiro atoms. The van der Waals surface area contributed by atoms with E-state index in [-0.39, 0.29) is 5.82 Å². The number of carbonyl (C=O) groups is 1. The quantitative estimate of drug-likeness (QED) is 0.419. The third kappa shape index (κ3) is 8.95. The van der Waals surface area contributed by atoms with E-state index in [1.807, 2.05) is 41.5 Å². The van der Waals surface area contributed by atoms with Gasteiger partial charge in [0.05, 0.1) is 17.8 Å². The maximum absolute atomic E-state index is 13.1. The Morgan fingerprint density at radius 3 is 2.47 bits per heavy atom. The molecule has 176 valence electrons. The van der Waals surface area contributed by atoms with Gasteiger partial charge in [0.15, 0.2) is 5.96 Å². The lowest BCUT2D eigenvalue weighted by Crippen LogP contribution is -2.49. The van der Waals surface area contributed by atoms with Crippen molar-refractivity contribution < 1.29 is 18.3 Å². The number of hydrogen-bond donors (Lipinski definition) is 3. The first-order valence-electron chi connectivity index (χ1n) is 10.7. The third-order valence-corrected chi connectivity index (χ3v) is 4.13. The molecule has 8 nitrogen and oxygen atoms in total. The molecule has 2 rings (SSSR count). The van der Waals surface area contributed by atoms with Gasteiger partial charge >= 0.3 is 6.09 Å². The van der Waals surface area contributed by atoms with Crippen LogP contribution in [-0.2, 0) is 11.2 Å². The van der Waals surface area contributed by atoms with E-state index in [1.54, 1.807) is 18.4 Å². The van der Waals surface area contributed by atoms with Gasteiger partial charge in [-0.2, -0.15) is 0 Å². The number of carbonyl (C=O) groups excluding carboxylic acids is 1. The van der Waals surface area contributed by atoms with Crippen molar-refractivity contribution in [2.45, 2.75) is 59.1 Å². The number of ether oxygens (including phenoxy) is 1. The van der Waals surface area contributed by atoms with Crippen LogP contribution in [0, 0.1) is 5.82 Å². The fraction of sp³-hybridized carbons (Fsp3) is 0.522. The normalized spacial score (nSPS) is 12.4. The van der Waals surface area contributed by atoms with Gasteiger partial charge in [-0.25, -0.2) is 14.2 Å². The number of aliphatic imine (C=N–C) groups is 1. The summed E-state index contributed by atoms with van der Waals surface area (Å²) in [7, 11) is 0. The van der Waals surface area contributed by atoms with Gasteiger partial charge in [-0.1, -0.05) is 0 Å². The van der Waals surface area contributed by atoms with Crippen LogP contribution in [0.3, 0.4) is 0 Å². The molecular formula is C23H34FN5O3. The second-order valence-corrected chi connectivity index (χ2v) is 9.03. The van der Waals surface area contributed by atoms with Gasteiger partial charge in [0.1, 0.15) is 17.7 Å². The predicted molar refractivity (Wildman–Crippen MR) is 123 cm³/mol. The maximum Gasteiger partial charge on any atom is 0.408 e. The predicted octanol–water partition coefficient (Wildman–Crippen LogP) is 3.88. The Morgan fingerprint density at radius 2 is 1.84 bits per heavy atom. The summed E-state index contributed by atoms with van der Waals surface area (Å²) in [5.74, 6) is 0.786. The maximum atomic E-state index is 13.1. The Morgan fingerprint density at radius 1 is 1.16 bits per heavy atom. The molecule has 0 fully saturated rings. The molecule has 0 unspecified atom stereocenters. The van der Waals surface area contributed by atoms with E-state index in [4.69, 9.17) is 9.15 Å². The standard InChI is InChI=1S/C23H34FN5O3/c1-7-25-20(27-15-23(5,6)29-21(30)32-22(2,3)4)26-13-12-18-14-31-19(28-18)16-8-10-17(24)11-9-16/h8-11,14H,7,12-13,15H2,1-6H3,(H,29,30)(H2,25,26,27). The molecule has 1 aromatic heterocycles. The van der Waals surface area contributed by atoms with Crippen LogP contribution in [0.2, 0.25) is 0 Å². The highest BCUT2D eigenvalue weighted by atomic mass is 19.1. The summed E-state index contributed by atoms with van der Waals surface area (Å²) in [5.41, 5.74) is 0.359. The smallest absolute Gasteiger partial charge is 0.408 e. The van der Waals surface area contributed by atoms with Crippen molar-refractivity contribution in [1.82, 2.24) is 20.9 Å². The summed E-state index contributed by atoms with van der Waals surface area (Å²) in [6.45, 7) is 12.9. The molecule has 0 radical (unpaired) electrons. The van der Waals surface area contributed by atoms with Crippen molar-refractivity contribution in [2.24, 2.45) is 4.99 Å². The fourth-order valence-corrected chi connectivity index (χ4v) is 2.69. The minimum atomic E-state index is -0.582. The number of alkyl carbamates (subject to hydrolysis) is 1. The summed E-state index contributed by atoms with van der Waals surface area (Å²) < 4.78 is 23.9. The summed E-state index contributed by atoms with van der Waals surface area (Å²) in [5, 5.41) is 9.28. The number of nitrogens with zero attached hydrogens (tertiary/aromatic N) is 2. The van der Waals surface area contributed by atoms with Crippen LogP contribution >= 0.6 is 0 Å². The Bertz CT molecular complexity index is 901. The zero-order valence-corrected chi connectivity index (χ0v) is 19.7. The summed E-state index contributed by atoms with van der Waals surface area (Å²) in [4.78, 5) is 21.1. The van der Waals surface area contributed by atoms with Crippen LogP contribution in [0.1, 0.15) is 47.2 Å². The number of halogens is 1. The molecular weight excluding hydrogens is 413 g/mol. The lowest BCUT2D eigenvalue weighted by Gasteiger charge is -2.27. The molecule has 9 heteroatoms. The highest BCUT2D eigenvalue weighted by Crippen LogP contribution is 2.19. The molecule has 0 atom stereocenters. The zero-order valence-electron chi connectivity index (χ0n) is 19.7. The SMILES string of the molecule is CCNC(=NCC(C)(C)NC(=O)OC(C)(C)C)NCCc1coc(-c2ccc(F)cc2)n1. The van der Waals surface area contributed by atoms with Crippen LogP contribution in [-0.4, -0.2) is 47.8 Å². The average Bonchev–Trinajstić information content (AvgIpc) is 3.13. The van der Waals surface area contributed by atoms with Crippen molar-refractivity contribution in [3.8, 4) is 11.5 Å². The molecule has 0 aliphatic rings. The summed E-state index contributed by atoms with van der Waals surface area (Å²) >= 11 is 0. The topological polar surface area (TPSA) is 101 Å². The van der Waals surface area contributed by atoms with Crippen LogP contribution in [0.25, 0.3) is 11.5 Å². The van der Waals surface area contributed by atoms with E-state index >= 15 is 0 Å². The van der Waals surface area contributed by atoms with Gasteiger partial charge in [-0.3, -0.25) is 4.99 Å². The number of aromatic nitrogens is 1. The second kappa shape index (κ2) is 11.0. The van der Waals surface area contributed by atoms with E-state index in [2.05, 4.69) is 25.9 Å². The largest absolute Gasteiger partial charge is 0.444 e. The van der Waals surface area contributed by atoms with Crippen LogP contribution in [0.5, 0.6) is 0 Å². The van der Waals surface area contributed by atoms with Gasteiger partial charge in [-0.15, -0.1) is 0 Å². The lowest BCUT2D eigenvalue weighted by molar-refractivity contribution is 0.0476. The van der Waals surface area contributed by atoms with E-state index in [9.17, 15) is 9.18 Å². The van der Waals surface area contributed by atoms with Crippen molar-refractivity contribution in [3.05, 3.63) is 42.0 Å². The van der Waals surface area contributed by atoms with Crippen LogP contribution in [0.4, 0.5) is 9.18 Å². The number of guanidine groups is 1. The molecule has 1 heterocycles. The minimum Gasteiger partial charge on any atom is -0.444 e. The Balaban J connectivity index is 1.88. The van der Waals surface area contributed by atoms with E-state index in [0.29, 0.717) is 37.9 Å². The summed E-state index contributed by atoms with van der Waals surface area (Å²) in [6, 6.07) is 6.01. The van der Waals surface area contributed by atoms with E-state index in [0.717, 1.165) is 11.3 Å². The molecule has 1 amide bonds. The fourth-order valence-electron chi connectivity index (χ4n) is 2.69. The number of benzene rings is 1. The van der Waals surface area contributed by atoms with E-state index < -0.39 is 17.2 Å². The molecule has 0 aliphatic carbocycles. The van der Waals surface area contributed by atoms with Gasteiger partial charge < -0.3 is 25.1 Å². The first-order valence-corrected chi connectivity index (χ1v) is 10.7. The Hall–Kier alpha value is -3.10. The van der Waals surface area contributed by atoms with E-state index in [1.165, 1.54) is 12.1 Å². The first kappa shape index (κ1) is 25.2. The molecule has 0 saturated carbocycles. The van der Waals surface area contributed by atoms with Crippen LogP contribution < -0.4 is 16.0 Å². The van der Waals surface area contributed by atoms with Gasteiger partial charge in [0.25, 0.3) is 0 Å². The number of nitrogens with one attached hydrogen (secondary N) is 3.